The molecule has 0 unspecified atom stereocenters. The highest BCUT2D eigenvalue weighted by molar-refractivity contribution is 6.10. The molecule has 2 nitrogen and oxygen atoms in total. The van der Waals surface area contributed by atoms with E-state index in [2.05, 4.69) is 6.92 Å². The highest BCUT2D eigenvalue weighted by atomic mass is 16.3. The third-order valence-corrected chi connectivity index (χ3v) is 4.32. The van der Waals surface area contributed by atoms with Crippen LogP contribution >= 0.6 is 0 Å². The van der Waals surface area contributed by atoms with Gasteiger partial charge in [0.2, 0.25) is 0 Å². The van der Waals surface area contributed by atoms with Crippen molar-refractivity contribution in [1.82, 2.24) is 0 Å². The monoisotopic (exact) mass is 310 g/mol. The van der Waals surface area contributed by atoms with E-state index in [1.807, 2.05) is 64.1 Å². The molecule has 0 atom stereocenters. The number of hydrogen-bond donors (Lipinski definition) is 1. The van der Waals surface area contributed by atoms with Gasteiger partial charge >= 0.3 is 0 Å². The Hall–Kier alpha value is -2.09. The normalized spacial score (nSPS) is 11.3. The van der Waals surface area contributed by atoms with Crippen LogP contribution in [0.15, 0.2) is 36.4 Å². The van der Waals surface area contributed by atoms with Crippen LogP contribution in [0.1, 0.15) is 79.1 Å². The first-order chi connectivity index (χ1) is 10.9. The second kappa shape index (κ2) is 6.99. The maximum Gasteiger partial charge on any atom is 0.193 e. The first kappa shape index (κ1) is 17.3. The van der Waals surface area contributed by atoms with Gasteiger partial charge in [0.25, 0.3) is 0 Å². The molecular weight excluding hydrogens is 284 g/mol. The van der Waals surface area contributed by atoms with Gasteiger partial charge in [0, 0.05) is 11.1 Å². The van der Waals surface area contributed by atoms with Gasteiger partial charge in [-0.25, -0.2) is 0 Å². The Bertz CT molecular complexity index is 683. The molecule has 0 aliphatic heterocycles. The summed E-state index contributed by atoms with van der Waals surface area (Å²) in [6.45, 7) is 10.2. The maximum absolute atomic E-state index is 13.0. The smallest absolute Gasteiger partial charge is 0.193 e. The van der Waals surface area contributed by atoms with Crippen LogP contribution in [0.4, 0.5) is 0 Å². The fraction of sp³-hybridized carbons (Fsp3) is 0.381. The van der Waals surface area contributed by atoms with Crippen molar-refractivity contribution in [2.24, 2.45) is 0 Å². The van der Waals surface area contributed by atoms with Crippen LogP contribution in [0.2, 0.25) is 0 Å². The highest BCUT2D eigenvalue weighted by Gasteiger charge is 2.20. The average molecular weight is 310 g/mol. The van der Waals surface area contributed by atoms with Gasteiger partial charge in [0.1, 0.15) is 5.75 Å². The number of rotatable bonds is 5. The largest absolute Gasteiger partial charge is 0.507 e. The van der Waals surface area contributed by atoms with Gasteiger partial charge in [-0.1, -0.05) is 58.9 Å². The molecule has 122 valence electrons. The highest BCUT2D eigenvalue weighted by Crippen LogP contribution is 2.35. The quantitative estimate of drug-likeness (QED) is 0.747. The number of benzene rings is 2. The first-order valence-electron chi connectivity index (χ1n) is 8.36. The van der Waals surface area contributed by atoms with Crippen LogP contribution in [0.25, 0.3) is 0 Å². The van der Waals surface area contributed by atoms with Gasteiger partial charge < -0.3 is 5.11 Å². The molecule has 2 heteroatoms. The van der Waals surface area contributed by atoms with Crippen LogP contribution in [0, 0.1) is 0 Å². The number of hydrogen-bond acceptors (Lipinski definition) is 2. The maximum atomic E-state index is 13.0. The molecule has 0 saturated heterocycles. The van der Waals surface area contributed by atoms with Crippen molar-refractivity contribution in [3.8, 4) is 5.75 Å². The minimum Gasteiger partial charge on any atom is -0.507 e. The van der Waals surface area contributed by atoms with Crippen molar-refractivity contribution in [2.45, 2.75) is 52.9 Å². The lowest BCUT2D eigenvalue weighted by Gasteiger charge is -2.17. The Labute approximate surface area is 139 Å². The molecule has 0 aliphatic rings. The van der Waals surface area contributed by atoms with Gasteiger partial charge in [-0.2, -0.15) is 0 Å². The number of phenolic OH excluding ortho intramolecular Hbond substituents is 1. The third kappa shape index (κ3) is 3.47. The average Bonchev–Trinajstić information content (AvgIpc) is 2.53. The lowest BCUT2D eigenvalue weighted by Crippen LogP contribution is -2.08. The van der Waals surface area contributed by atoms with Crippen LogP contribution < -0.4 is 0 Å². The van der Waals surface area contributed by atoms with E-state index in [1.54, 1.807) is 0 Å². The van der Waals surface area contributed by atoms with E-state index in [0.29, 0.717) is 11.3 Å². The Morgan fingerprint density at radius 1 is 1.00 bits per heavy atom. The van der Waals surface area contributed by atoms with Crippen molar-refractivity contribution in [3.05, 3.63) is 64.2 Å². The zero-order chi connectivity index (χ0) is 17.1. The predicted molar refractivity (Wildman–Crippen MR) is 95.5 cm³/mol. The molecule has 0 spiro atoms. The zero-order valence-electron chi connectivity index (χ0n) is 14.7. The molecule has 2 aromatic carbocycles. The van der Waals surface area contributed by atoms with Crippen molar-refractivity contribution in [1.29, 1.82) is 0 Å². The molecule has 1 N–H and O–H groups in total. The zero-order valence-corrected chi connectivity index (χ0v) is 14.7. The van der Waals surface area contributed by atoms with E-state index >= 15 is 0 Å². The number of aromatic hydroxyl groups is 1. The van der Waals surface area contributed by atoms with Crippen LogP contribution in [0.3, 0.4) is 0 Å². The molecular formula is C21H26O2. The van der Waals surface area contributed by atoms with E-state index in [4.69, 9.17) is 0 Å². The minimum absolute atomic E-state index is 0.0336. The summed E-state index contributed by atoms with van der Waals surface area (Å²) >= 11 is 0. The van der Waals surface area contributed by atoms with E-state index in [1.165, 1.54) is 0 Å². The van der Waals surface area contributed by atoms with E-state index in [0.717, 1.165) is 28.7 Å². The fourth-order valence-corrected chi connectivity index (χ4v) is 2.90. The summed E-state index contributed by atoms with van der Waals surface area (Å²) in [6.07, 6.45) is 0.827. The lowest BCUT2D eigenvalue weighted by molar-refractivity contribution is 0.103. The molecule has 0 aliphatic carbocycles. The molecule has 0 aromatic heterocycles. The Kier molecular flexibility index (Phi) is 5.25. The molecule has 2 rings (SSSR count). The van der Waals surface area contributed by atoms with Crippen molar-refractivity contribution in [2.75, 3.05) is 0 Å². The van der Waals surface area contributed by atoms with Crippen molar-refractivity contribution in [3.63, 3.8) is 0 Å². The summed E-state index contributed by atoms with van der Waals surface area (Å²) in [6, 6.07) is 11.4. The summed E-state index contributed by atoms with van der Waals surface area (Å²) in [5.41, 5.74) is 4.16. The number of phenols is 1. The summed E-state index contributed by atoms with van der Waals surface area (Å²) in [4.78, 5) is 13.0. The lowest BCUT2D eigenvalue weighted by atomic mass is 9.88. The van der Waals surface area contributed by atoms with Crippen molar-refractivity contribution < 1.29 is 9.90 Å². The molecule has 0 fully saturated rings. The summed E-state index contributed by atoms with van der Waals surface area (Å²) in [7, 11) is 0. The molecule has 0 radical (unpaired) electrons. The fourth-order valence-electron chi connectivity index (χ4n) is 2.90. The van der Waals surface area contributed by atoms with Gasteiger partial charge in [-0.3, -0.25) is 4.79 Å². The number of carbonyl (C=O) groups is 1. The first-order valence-corrected chi connectivity index (χ1v) is 8.36. The van der Waals surface area contributed by atoms with E-state index in [-0.39, 0.29) is 17.6 Å². The minimum atomic E-state index is 0.0336. The van der Waals surface area contributed by atoms with Crippen molar-refractivity contribution >= 4 is 5.78 Å². The van der Waals surface area contributed by atoms with E-state index in [9.17, 15) is 9.90 Å². The predicted octanol–water partition coefficient (Wildman–Crippen LogP) is 5.43. The summed E-state index contributed by atoms with van der Waals surface area (Å²) in [5, 5.41) is 10.5. The van der Waals surface area contributed by atoms with Crippen LogP contribution in [0.5, 0.6) is 5.75 Å². The van der Waals surface area contributed by atoms with Gasteiger partial charge in [0.15, 0.2) is 5.78 Å². The standard InChI is InChI=1S/C21H26O2/c1-6-15-9-7-8-10-17(15)20(22)16-11-18(13(2)3)21(23)19(12-16)14(4)5/h7-14,23H,6H2,1-5H3. The van der Waals surface area contributed by atoms with E-state index < -0.39 is 0 Å². The molecule has 0 bridgehead atoms. The topological polar surface area (TPSA) is 37.3 Å². The molecule has 0 amide bonds. The SMILES string of the molecule is CCc1ccccc1C(=O)c1cc(C(C)C)c(O)c(C(C)C)c1. The van der Waals surface area contributed by atoms with Gasteiger partial charge in [-0.05, 0) is 47.1 Å². The Balaban J connectivity index is 2.61. The number of aryl methyl sites for hydroxylation is 1. The van der Waals surface area contributed by atoms with Crippen LogP contribution in [-0.2, 0) is 6.42 Å². The molecule has 23 heavy (non-hydrogen) atoms. The molecule has 2 aromatic rings. The number of ketones is 1. The number of carbonyl (C=O) groups excluding carboxylic acids is 1. The summed E-state index contributed by atoms with van der Waals surface area (Å²) < 4.78 is 0. The van der Waals surface area contributed by atoms with Gasteiger partial charge in [-0.15, -0.1) is 0 Å². The third-order valence-electron chi connectivity index (χ3n) is 4.32. The second-order valence-electron chi connectivity index (χ2n) is 6.65. The van der Waals surface area contributed by atoms with Crippen LogP contribution in [-0.4, -0.2) is 10.9 Å². The second-order valence-corrected chi connectivity index (χ2v) is 6.65. The molecule has 0 saturated carbocycles. The Morgan fingerprint density at radius 3 is 2.00 bits per heavy atom. The Morgan fingerprint density at radius 2 is 1.52 bits per heavy atom. The van der Waals surface area contributed by atoms with Gasteiger partial charge in [0.05, 0.1) is 0 Å². The molecule has 0 heterocycles. The summed E-state index contributed by atoms with van der Waals surface area (Å²) in [5.74, 6) is 0.699.